The number of nitrogens with zero attached hydrogens (tertiary/aromatic N) is 1. The summed E-state index contributed by atoms with van der Waals surface area (Å²) < 4.78 is 6.25. The summed E-state index contributed by atoms with van der Waals surface area (Å²) in [7, 11) is 0. The van der Waals surface area contributed by atoms with Crippen LogP contribution in [-0.2, 0) is 0 Å². The van der Waals surface area contributed by atoms with E-state index in [9.17, 15) is 0 Å². The van der Waals surface area contributed by atoms with Gasteiger partial charge in [0.15, 0.2) is 5.76 Å². The van der Waals surface area contributed by atoms with Crippen molar-refractivity contribution in [3.05, 3.63) is 34.6 Å². The molecule has 4 nitrogen and oxygen atoms in total. The molecule has 0 aliphatic rings. The van der Waals surface area contributed by atoms with Crippen LogP contribution in [0.1, 0.15) is 5.69 Å². The van der Waals surface area contributed by atoms with Gasteiger partial charge >= 0.3 is 0 Å². The lowest BCUT2D eigenvalue weighted by molar-refractivity contribution is 0.432. The van der Waals surface area contributed by atoms with Gasteiger partial charge in [-0.25, -0.2) is 0 Å². The Bertz CT molecular complexity index is 699. The SMILES string of the molecule is Cc1[nH]c2cc(Br)ccc2c1-c1oncc1N. The van der Waals surface area contributed by atoms with Gasteiger partial charge in [-0.2, -0.15) is 0 Å². The number of halogens is 1. The molecule has 0 spiro atoms. The fourth-order valence-corrected chi connectivity index (χ4v) is 2.40. The molecule has 0 bridgehead atoms. The second-order valence-corrected chi connectivity index (χ2v) is 4.84. The van der Waals surface area contributed by atoms with Crippen molar-refractivity contribution in [3.63, 3.8) is 0 Å². The van der Waals surface area contributed by atoms with Crippen molar-refractivity contribution < 1.29 is 4.52 Å². The number of aryl methyl sites for hydroxylation is 1. The summed E-state index contributed by atoms with van der Waals surface area (Å²) in [6.45, 7) is 1.99. The van der Waals surface area contributed by atoms with Crippen LogP contribution in [0.3, 0.4) is 0 Å². The van der Waals surface area contributed by atoms with E-state index in [1.807, 2.05) is 25.1 Å². The zero-order valence-electron chi connectivity index (χ0n) is 9.12. The second kappa shape index (κ2) is 3.63. The van der Waals surface area contributed by atoms with Gasteiger partial charge in [-0.1, -0.05) is 27.2 Å². The molecule has 0 radical (unpaired) electrons. The number of H-pyrrole nitrogens is 1. The number of nitrogens with two attached hydrogens (primary N) is 1. The minimum Gasteiger partial charge on any atom is -0.394 e. The summed E-state index contributed by atoms with van der Waals surface area (Å²) in [5.41, 5.74) is 9.43. The van der Waals surface area contributed by atoms with E-state index in [1.54, 1.807) is 0 Å². The van der Waals surface area contributed by atoms with Crippen molar-refractivity contribution in [1.82, 2.24) is 10.1 Å². The van der Waals surface area contributed by atoms with E-state index in [-0.39, 0.29) is 0 Å². The Morgan fingerprint density at radius 1 is 1.41 bits per heavy atom. The molecule has 0 aliphatic heterocycles. The minimum atomic E-state index is 0.553. The first-order chi connectivity index (χ1) is 8.16. The number of aromatic amines is 1. The standard InChI is InChI=1S/C12H10BrN3O/c1-6-11(12-9(14)5-15-17-12)8-3-2-7(13)4-10(8)16-6/h2-5,16H,14H2,1H3. The maximum absolute atomic E-state index is 5.84. The van der Waals surface area contributed by atoms with Gasteiger partial charge in [-0.3, -0.25) is 0 Å². The number of benzene rings is 1. The van der Waals surface area contributed by atoms with Gasteiger partial charge < -0.3 is 15.2 Å². The fourth-order valence-electron chi connectivity index (χ4n) is 2.03. The maximum atomic E-state index is 5.84. The number of rotatable bonds is 1. The number of hydrogen-bond acceptors (Lipinski definition) is 3. The van der Waals surface area contributed by atoms with Crippen LogP contribution in [0, 0.1) is 6.92 Å². The molecule has 5 heteroatoms. The number of aromatic nitrogens is 2. The predicted octanol–water partition coefficient (Wildman–Crippen LogP) is 3.48. The number of fused-ring (bicyclic) bond motifs is 1. The van der Waals surface area contributed by atoms with Gasteiger partial charge in [0.25, 0.3) is 0 Å². The monoisotopic (exact) mass is 291 g/mol. The number of nitrogens with one attached hydrogen (secondary N) is 1. The molecule has 0 amide bonds. The van der Waals surface area contributed by atoms with Gasteiger partial charge in [0.1, 0.15) is 5.69 Å². The molecule has 0 unspecified atom stereocenters. The summed E-state index contributed by atoms with van der Waals surface area (Å²) in [4.78, 5) is 3.31. The van der Waals surface area contributed by atoms with Crippen LogP contribution >= 0.6 is 15.9 Å². The van der Waals surface area contributed by atoms with E-state index >= 15 is 0 Å². The molecular formula is C12H10BrN3O. The van der Waals surface area contributed by atoms with E-state index in [4.69, 9.17) is 10.3 Å². The highest BCUT2D eigenvalue weighted by Gasteiger charge is 2.16. The van der Waals surface area contributed by atoms with Crippen LogP contribution in [-0.4, -0.2) is 10.1 Å². The average molecular weight is 292 g/mol. The molecule has 2 aromatic heterocycles. The molecule has 1 aromatic carbocycles. The van der Waals surface area contributed by atoms with E-state index in [1.165, 1.54) is 6.20 Å². The molecule has 3 N–H and O–H groups in total. The summed E-state index contributed by atoms with van der Waals surface area (Å²) in [5.74, 6) is 0.621. The third-order valence-corrected chi connectivity index (χ3v) is 3.27. The Morgan fingerprint density at radius 3 is 2.94 bits per heavy atom. The molecule has 3 rings (SSSR count). The quantitative estimate of drug-likeness (QED) is 0.721. The van der Waals surface area contributed by atoms with Gasteiger partial charge in [0.05, 0.1) is 11.8 Å². The lowest BCUT2D eigenvalue weighted by atomic mass is 10.1. The number of nitrogen functional groups attached to an aromatic ring is 1. The van der Waals surface area contributed by atoms with Crippen LogP contribution in [0.25, 0.3) is 22.2 Å². The van der Waals surface area contributed by atoms with Gasteiger partial charge in [-0.15, -0.1) is 0 Å². The van der Waals surface area contributed by atoms with Crippen molar-refractivity contribution >= 4 is 32.5 Å². The molecular weight excluding hydrogens is 282 g/mol. The van der Waals surface area contributed by atoms with Crippen molar-refractivity contribution in [2.24, 2.45) is 0 Å². The fraction of sp³-hybridized carbons (Fsp3) is 0.0833. The molecule has 0 saturated heterocycles. The van der Waals surface area contributed by atoms with Gasteiger partial charge in [-0.05, 0) is 19.1 Å². The summed E-state index contributed by atoms with van der Waals surface area (Å²) >= 11 is 3.45. The summed E-state index contributed by atoms with van der Waals surface area (Å²) in [6, 6.07) is 6.05. The Kier molecular flexibility index (Phi) is 2.22. The average Bonchev–Trinajstić information content (AvgIpc) is 2.80. The van der Waals surface area contributed by atoms with E-state index in [2.05, 4.69) is 26.1 Å². The van der Waals surface area contributed by atoms with E-state index < -0.39 is 0 Å². The largest absolute Gasteiger partial charge is 0.394 e. The normalized spacial score (nSPS) is 11.2. The highest BCUT2D eigenvalue weighted by molar-refractivity contribution is 9.10. The van der Waals surface area contributed by atoms with Crippen molar-refractivity contribution in [2.45, 2.75) is 6.92 Å². The third kappa shape index (κ3) is 1.54. The second-order valence-electron chi connectivity index (χ2n) is 3.93. The molecule has 2 heterocycles. The van der Waals surface area contributed by atoms with Gasteiger partial charge in [0, 0.05) is 21.1 Å². The topological polar surface area (TPSA) is 67.8 Å². The van der Waals surface area contributed by atoms with Crippen molar-refractivity contribution in [2.75, 3.05) is 5.73 Å². The number of anilines is 1. The molecule has 3 aromatic rings. The van der Waals surface area contributed by atoms with Crippen LogP contribution < -0.4 is 5.73 Å². The molecule has 0 fully saturated rings. The van der Waals surface area contributed by atoms with Gasteiger partial charge in [0.2, 0.25) is 0 Å². The molecule has 0 atom stereocenters. The zero-order chi connectivity index (χ0) is 12.0. The molecule has 17 heavy (non-hydrogen) atoms. The third-order valence-electron chi connectivity index (χ3n) is 2.77. The lowest BCUT2D eigenvalue weighted by Gasteiger charge is -1.97. The van der Waals surface area contributed by atoms with E-state index in [0.717, 1.165) is 26.6 Å². The first-order valence-electron chi connectivity index (χ1n) is 5.15. The first kappa shape index (κ1) is 10.4. The zero-order valence-corrected chi connectivity index (χ0v) is 10.7. The first-order valence-corrected chi connectivity index (χ1v) is 5.94. The minimum absolute atomic E-state index is 0.553. The molecule has 0 saturated carbocycles. The molecule has 0 aliphatic carbocycles. The maximum Gasteiger partial charge on any atom is 0.192 e. The smallest absolute Gasteiger partial charge is 0.192 e. The Morgan fingerprint density at radius 2 is 2.24 bits per heavy atom. The van der Waals surface area contributed by atoms with Crippen LogP contribution in [0.15, 0.2) is 33.4 Å². The van der Waals surface area contributed by atoms with Crippen molar-refractivity contribution in [3.8, 4) is 11.3 Å². The van der Waals surface area contributed by atoms with Crippen LogP contribution in [0.5, 0.6) is 0 Å². The lowest BCUT2D eigenvalue weighted by Crippen LogP contribution is -1.85. The van der Waals surface area contributed by atoms with Crippen molar-refractivity contribution in [1.29, 1.82) is 0 Å². The summed E-state index contributed by atoms with van der Waals surface area (Å²) in [6.07, 6.45) is 1.52. The predicted molar refractivity (Wildman–Crippen MR) is 70.6 cm³/mol. The Hall–Kier alpha value is -1.75. The number of hydrogen-bond donors (Lipinski definition) is 2. The van der Waals surface area contributed by atoms with Crippen LogP contribution in [0.4, 0.5) is 5.69 Å². The highest BCUT2D eigenvalue weighted by atomic mass is 79.9. The summed E-state index contributed by atoms with van der Waals surface area (Å²) in [5, 5.41) is 4.80. The Labute approximate surface area is 106 Å². The van der Waals surface area contributed by atoms with Crippen LogP contribution in [0.2, 0.25) is 0 Å². The Balaban J connectivity index is 2.37. The molecule has 86 valence electrons. The van der Waals surface area contributed by atoms with E-state index in [0.29, 0.717) is 11.4 Å². The highest BCUT2D eigenvalue weighted by Crippen LogP contribution is 2.36.